The molecule has 2 spiro atoms. The van der Waals surface area contributed by atoms with Crippen molar-refractivity contribution in [3.05, 3.63) is 58.2 Å². The molecule has 1 aromatic rings. The Morgan fingerprint density at radius 2 is 1.75 bits per heavy atom. The minimum atomic E-state index is -1.11. The van der Waals surface area contributed by atoms with Crippen molar-refractivity contribution in [2.45, 2.75) is 122 Å². The van der Waals surface area contributed by atoms with E-state index >= 15 is 9.59 Å². The van der Waals surface area contributed by atoms with E-state index < -0.39 is 22.5 Å². The van der Waals surface area contributed by atoms with Gasteiger partial charge in [-0.3, -0.25) is 19.4 Å². The molecule has 13 rings (SSSR count). The third kappa shape index (κ3) is 4.27. The van der Waals surface area contributed by atoms with Gasteiger partial charge in [0.15, 0.2) is 17.5 Å². The first-order valence-electron chi connectivity index (χ1n) is 21.4. The molecule has 8 aliphatic heterocycles. The molecule has 8 heteroatoms. The van der Waals surface area contributed by atoms with Gasteiger partial charge in [-0.2, -0.15) is 0 Å². The summed E-state index contributed by atoms with van der Waals surface area (Å²) in [6, 6.07) is 6.72. The quantitative estimate of drug-likeness (QED) is 0.325. The second kappa shape index (κ2) is 12.3. The van der Waals surface area contributed by atoms with Gasteiger partial charge in [0.25, 0.3) is 0 Å². The summed E-state index contributed by atoms with van der Waals surface area (Å²) in [6.45, 7) is 11.7. The van der Waals surface area contributed by atoms with Crippen molar-refractivity contribution >= 4 is 17.7 Å². The normalized spacial score (nSPS) is 45.8. The maximum Gasteiger partial charge on any atom is 0.339 e. The molecule has 53 heavy (non-hydrogen) atoms. The minimum absolute atomic E-state index is 0.0231. The van der Waals surface area contributed by atoms with Crippen LogP contribution in [0.3, 0.4) is 0 Å². The number of esters is 2. The zero-order valence-corrected chi connectivity index (χ0v) is 32.1. The molecule has 12 atom stereocenters. The highest BCUT2D eigenvalue weighted by atomic mass is 16.6. The fourth-order valence-electron chi connectivity index (χ4n) is 14.9. The summed E-state index contributed by atoms with van der Waals surface area (Å²) in [5.41, 5.74) is 7.86. The van der Waals surface area contributed by atoms with Crippen molar-refractivity contribution in [1.82, 2.24) is 9.80 Å². The fourth-order valence-corrected chi connectivity index (χ4v) is 14.9. The number of allylic oxidation sites excluding steroid dienone is 2. The third-order valence-corrected chi connectivity index (χ3v) is 16.4. The van der Waals surface area contributed by atoms with Gasteiger partial charge in [-0.25, -0.2) is 4.79 Å². The Kier molecular flexibility index (Phi) is 8.07. The number of rotatable bonds is 7. The SMILES string of the molecule is CCCC1CC(=O)C2OC(=O)C34C5=C(CCC23C2(OC(=O)c3c(CCCN)cccc32)C4CCC)C2C(C=C5)C(C)CCC2N2CC3CC(CN1C3)C2. The number of ketones is 1. The van der Waals surface area contributed by atoms with Crippen LogP contribution in [0, 0.1) is 46.3 Å². The molecular weight excluding hydrogens is 663 g/mol. The number of Topliss-reactive ketones (excluding diaryl/α,β-unsaturated/α-hetero) is 1. The van der Waals surface area contributed by atoms with Crippen LogP contribution in [0.25, 0.3) is 0 Å². The molecule has 12 unspecified atom stereocenters. The number of nitrogens with zero attached hydrogens (tertiary/aromatic N) is 2. The number of hydrogen-bond donors (Lipinski definition) is 1. The van der Waals surface area contributed by atoms with Crippen molar-refractivity contribution in [2.24, 2.45) is 52.1 Å². The molecule has 2 saturated carbocycles. The molecule has 7 fully saturated rings. The molecule has 10 bridgehead atoms. The van der Waals surface area contributed by atoms with Gasteiger partial charge in [0.1, 0.15) is 5.41 Å². The fraction of sp³-hybridized carbons (Fsp3) is 0.711. The lowest BCUT2D eigenvalue weighted by Crippen LogP contribution is -2.79. The van der Waals surface area contributed by atoms with E-state index in [1.54, 1.807) is 0 Å². The standard InChI is InChI=1S/C45H59N3O5/c1-4-8-30-21-36(49)40-43-18-17-32-33(15-14-31-26(3)13-16-35(39(31)32)48-24-27-20-28(25-48)23-47(30)22-27)44(43,42(51)52-40)37(9-5-2)45(43)34-12-6-10-29(11-7-19-46)38(34)41(50)53-45/h6,10,12,14-15,26-28,30-31,35,37,39-40H,4-5,7-9,11,13,16-25,46H2,1-3H3. The van der Waals surface area contributed by atoms with Crippen LogP contribution in [-0.2, 0) is 31.1 Å². The summed E-state index contributed by atoms with van der Waals surface area (Å²) in [6.07, 6.45) is 14.2. The van der Waals surface area contributed by atoms with E-state index in [1.807, 2.05) is 6.07 Å². The average Bonchev–Trinajstić information content (AvgIpc) is 3.61. The van der Waals surface area contributed by atoms with Crippen molar-refractivity contribution in [1.29, 1.82) is 0 Å². The molecule has 8 heterocycles. The first-order valence-corrected chi connectivity index (χ1v) is 21.4. The van der Waals surface area contributed by atoms with Crippen LogP contribution in [0.5, 0.6) is 0 Å². The van der Waals surface area contributed by atoms with Gasteiger partial charge in [-0.15, -0.1) is 0 Å². The first kappa shape index (κ1) is 34.7. The van der Waals surface area contributed by atoms with Crippen molar-refractivity contribution in [2.75, 3.05) is 32.7 Å². The molecule has 0 amide bonds. The summed E-state index contributed by atoms with van der Waals surface area (Å²) in [4.78, 5) is 50.6. The maximum atomic E-state index is 15.3. The summed E-state index contributed by atoms with van der Waals surface area (Å²) in [7, 11) is 0. The van der Waals surface area contributed by atoms with Gasteiger partial charge in [0, 0.05) is 62.1 Å². The molecule has 5 saturated heterocycles. The van der Waals surface area contributed by atoms with Crippen LogP contribution in [0.1, 0.15) is 113 Å². The lowest BCUT2D eigenvalue weighted by molar-refractivity contribution is -0.296. The molecule has 1 aromatic carbocycles. The number of carbonyl (C=O) groups excluding carboxylic acids is 3. The van der Waals surface area contributed by atoms with Crippen LogP contribution in [0.15, 0.2) is 41.5 Å². The Bertz CT molecular complexity index is 1790. The second-order valence-corrected chi connectivity index (χ2v) is 18.8. The minimum Gasteiger partial charge on any atom is -0.453 e. The Morgan fingerprint density at radius 3 is 2.51 bits per heavy atom. The first-order chi connectivity index (χ1) is 25.7. The van der Waals surface area contributed by atoms with Gasteiger partial charge in [0.05, 0.1) is 11.0 Å². The smallest absolute Gasteiger partial charge is 0.339 e. The summed E-state index contributed by atoms with van der Waals surface area (Å²) < 4.78 is 13.7. The van der Waals surface area contributed by atoms with Crippen molar-refractivity contribution in [3.63, 3.8) is 0 Å². The van der Waals surface area contributed by atoms with Gasteiger partial charge >= 0.3 is 11.9 Å². The predicted octanol–water partition coefficient (Wildman–Crippen LogP) is 6.36. The van der Waals surface area contributed by atoms with E-state index in [0.717, 1.165) is 75.0 Å². The molecule has 4 aliphatic carbocycles. The molecule has 0 radical (unpaired) electrons. The second-order valence-electron chi connectivity index (χ2n) is 18.8. The summed E-state index contributed by atoms with van der Waals surface area (Å²) in [5, 5.41) is 0. The zero-order valence-electron chi connectivity index (χ0n) is 32.1. The average molecular weight is 722 g/mol. The number of aryl methyl sites for hydroxylation is 1. The van der Waals surface area contributed by atoms with Gasteiger partial charge in [-0.05, 0) is 99.1 Å². The monoisotopic (exact) mass is 721 g/mol. The maximum absolute atomic E-state index is 15.3. The highest BCUT2D eigenvalue weighted by molar-refractivity contribution is 6.02. The highest BCUT2D eigenvalue weighted by Crippen LogP contribution is 2.85. The number of piperidine rings is 2. The largest absolute Gasteiger partial charge is 0.453 e. The van der Waals surface area contributed by atoms with Crippen molar-refractivity contribution < 1.29 is 23.9 Å². The van der Waals surface area contributed by atoms with E-state index in [4.69, 9.17) is 15.2 Å². The highest BCUT2D eigenvalue weighted by Gasteiger charge is 2.94. The Morgan fingerprint density at radius 1 is 0.981 bits per heavy atom. The Balaban J connectivity index is 1.22. The molecule has 284 valence electrons. The number of hydrogen-bond acceptors (Lipinski definition) is 8. The molecule has 8 nitrogen and oxygen atoms in total. The number of nitrogens with two attached hydrogens (primary N) is 1. The Labute approximate surface area is 315 Å². The Hall–Kier alpha value is -2.81. The zero-order chi connectivity index (χ0) is 36.4. The number of fused-ring (bicyclic) bond motifs is 2. The van der Waals surface area contributed by atoms with Gasteiger partial charge in [0.2, 0.25) is 0 Å². The van der Waals surface area contributed by atoms with E-state index in [9.17, 15) is 4.79 Å². The van der Waals surface area contributed by atoms with Gasteiger partial charge in [-0.1, -0.05) is 69.5 Å². The molecule has 2 N–H and O–H groups in total. The lowest BCUT2D eigenvalue weighted by Gasteiger charge is -2.72. The van der Waals surface area contributed by atoms with Crippen LogP contribution in [0.4, 0.5) is 0 Å². The topological polar surface area (TPSA) is 102 Å². The van der Waals surface area contributed by atoms with Crippen molar-refractivity contribution in [3.8, 4) is 0 Å². The summed E-state index contributed by atoms with van der Waals surface area (Å²) in [5.74, 6) is 1.73. The van der Waals surface area contributed by atoms with Crippen LogP contribution in [-0.4, -0.2) is 78.4 Å². The third-order valence-electron chi connectivity index (χ3n) is 16.4. The number of ether oxygens (including phenoxy) is 2. The number of carbonyl (C=O) groups is 3. The molecule has 12 aliphatic rings. The predicted molar refractivity (Wildman–Crippen MR) is 202 cm³/mol. The van der Waals surface area contributed by atoms with Crippen LogP contribution in [0.2, 0.25) is 0 Å². The summed E-state index contributed by atoms with van der Waals surface area (Å²) >= 11 is 0. The van der Waals surface area contributed by atoms with Gasteiger partial charge < -0.3 is 15.2 Å². The lowest BCUT2D eigenvalue weighted by atomic mass is 9.28. The van der Waals surface area contributed by atoms with E-state index in [2.05, 4.69) is 54.9 Å². The van der Waals surface area contributed by atoms with Crippen LogP contribution < -0.4 is 5.73 Å². The number of benzene rings is 1. The van der Waals surface area contributed by atoms with E-state index in [0.29, 0.717) is 73.4 Å². The van der Waals surface area contributed by atoms with Crippen LogP contribution >= 0.6 is 0 Å². The molecule has 0 aromatic heterocycles. The van der Waals surface area contributed by atoms with E-state index in [-0.39, 0.29) is 29.7 Å². The van der Waals surface area contributed by atoms with E-state index in [1.165, 1.54) is 24.8 Å². The molecular formula is C45H59N3O5.